The van der Waals surface area contributed by atoms with Crippen molar-refractivity contribution in [2.24, 2.45) is 5.92 Å². The van der Waals surface area contributed by atoms with Gasteiger partial charge in [0, 0.05) is 10.9 Å². The van der Waals surface area contributed by atoms with Crippen LogP contribution in [0.2, 0.25) is 0 Å². The van der Waals surface area contributed by atoms with E-state index in [2.05, 4.69) is 20.4 Å². The van der Waals surface area contributed by atoms with Gasteiger partial charge in [0.15, 0.2) is 0 Å². The number of amides is 2. The molecule has 148 valence electrons. The van der Waals surface area contributed by atoms with Gasteiger partial charge in [0.2, 0.25) is 5.01 Å². The summed E-state index contributed by atoms with van der Waals surface area (Å²) in [4.78, 5) is 27.8. The molecular weight excluding hydrogens is 385 g/mol. The number of nitrogens with zero attached hydrogens (tertiary/aromatic N) is 1. The van der Waals surface area contributed by atoms with E-state index in [1.54, 1.807) is 6.07 Å². The third-order valence-corrected chi connectivity index (χ3v) is 5.17. The predicted molar refractivity (Wildman–Crippen MR) is 104 cm³/mol. The third-order valence-electron chi connectivity index (χ3n) is 4.27. The molecule has 1 unspecified atom stereocenters. The van der Waals surface area contributed by atoms with E-state index in [0.717, 1.165) is 16.9 Å². The molecule has 2 heterocycles. The van der Waals surface area contributed by atoms with Crippen LogP contribution in [0.3, 0.4) is 0 Å². The van der Waals surface area contributed by atoms with Crippen molar-refractivity contribution in [1.82, 2.24) is 10.3 Å². The number of esters is 1. The van der Waals surface area contributed by atoms with Crippen LogP contribution in [-0.4, -0.2) is 24.1 Å². The fourth-order valence-electron chi connectivity index (χ4n) is 2.85. The van der Waals surface area contributed by atoms with Crippen molar-refractivity contribution < 1.29 is 23.1 Å². The van der Waals surface area contributed by atoms with E-state index in [0.29, 0.717) is 21.7 Å². The van der Waals surface area contributed by atoms with Gasteiger partial charge in [-0.25, -0.2) is 19.0 Å². The van der Waals surface area contributed by atoms with Crippen molar-refractivity contribution in [3.8, 4) is 0 Å². The van der Waals surface area contributed by atoms with Crippen LogP contribution in [0.1, 0.15) is 41.0 Å². The first-order valence-electron chi connectivity index (χ1n) is 8.60. The van der Waals surface area contributed by atoms with Crippen LogP contribution in [0.25, 0.3) is 11.0 Å². The van der Waals surface area contributed by atoms with Crippen LogP contribution in [0, 0.1) is 18.7 Å². The minimum atomic E-state index is -0.566. The highest BCUT2D eigenvalue weighted by molar-refractivity contribution is 7.17. The van der Waals surface area contributed by atoms with Gasteiger partial charge in [-0.15, -0.1) is 0 Å². The van der Waals surface area contributed by atoms with Gasteiger partial charge < -0.3 is 14.5 Å². The van der Waals surface area contributed by atoms with Gasteiger partial charge in [0.05, 0.1) is 19.3 Å². The fraction of sp³-hybridized carbons (Fsp3) is 0.316. The summed E-state index contributed by atoms with van der Waals surface area (Å²) < 4.78 is 24.1. The number of carbonyl (C=O) groups excluding carboxylic acids is 2. The summed E-state index contributed by atoms with van der Waals surface area (Å²) in [6, 6.07) is 3.43. The average molecular weight is 405 g/mol. The number of thiazole rings is 1. The van der Waals surface area contributed by atoms with Crippen molar-refractivity contribution in [3.63, 3.8) is 0 Å². The minimum absolute atomic E-state index is 0.0157. The Kier molecular flexibility index (Phi) is 5.64. The average Bonchev–Trinajstić information content (AvgIpc) is 3.24. The summed E-state index contributed by atoms with van der Waals surface area (Å²) in [6.07, 6.45) is 1.39. The lowest BCUT2D eigenvalue weighted by Gasteiger charge is -2.21. The Balaban J connectivity index is 1.80. The van der Waals surface area contributed by atoms with Crippen molar-refractivity contribution in [2.75, 3.05) is 12.4 Å². The van der Waals surface area contributed by atoms with Crippen LogP contribution < -0.4 is 10.6 Å². The molecule has 7 nitrogen and oxygen atoms in total. The molecule has 0 aliphatic heterocycles. The smallest absolute Gasteiger partial charge is 0.367 e. The van der Waals surface area contributed by atoms with Crippen molar-refractivity contribution in [1.29, 1.82) is 0 Å². The molecule has 9 heteroatoms. The molecule has 28 heavy (non-hydrogen) atoms. The van der Waals surface area contributed by atoms with E-state index in [9.17, 15) is 14.0 Å². The highest BCUT2D eigenvalue weighted by atomic mass is 32.1. The lowest BCUT2D eigenvalue weighted by molar-refractivity contribution is 0.0600. The molecular formula is C19H20FN3O4S. The summed E-state index contributed by atoms with van der Waals surface area (Å²) in [7, 11) is 1.26. The molecule has 0 saturated carbocycles. The van der Waals surface area contributed by atoms with Gasteiger partial charge in [0.1, 0.15) is 22.2 Å². The maximum Gasteiger partial charge on any atom is 0.367 e. The van der Waals surface area contributed by atoms with Crippen LogP contribution in [0.15, 0.2) is 28.8 Å². The first-order valence-corrected chi connectivity index (χ1v) is 9.42. The molecule has 2 amide bonds. The van der Waals surface area contributed by atoms with E-state index in [-0.39, 0.29) is 16.7 Å². The predicted octanol–water partition coefficient (Wildman–Crippen LogP) is 4.64. The monoisotopic (exact) mass is 405 g/mol. The van der Waals surface area contributed by atoms with E-state index in [1.165, 1.54) is 25.4 Å². The van der Waals surface area contributed by atoms with Gasteiger partial charge in [-0.3, -0.25) is 5.32 Å². The zero-order valence-electron chi connectivity index (χ0n) is 15.8. The summed E-state index contributed by atoms with van der Waals surface area (Å²) >= 11 is 1.01. The Morgan fingerprint density at radius 3 is 2.75 bits per heavy atom. The number of aryl methyl sites for hydroxylation is 1. The Hall–Kier alpha value is -2.94. The molecule has 2 N–H and O–H groups in total. The number of urea groups is 1. The van der Waals surface area contributed by atoms with Crippen molar-refractivity contribution >= 4 is 39.3 Å². The summed E-state index contributed by atoms with van der Waals surface area (Å²) in [5.74, 6) is -0.322. The maximum atomic E-state index is 13.6. The largest absolute Gasteiger partial charge is 0.464 e. The van der Waals surface area contributed by atoms with Gasteiger partial charge >= 0.3 is 12.0 Å². The fourth-order valence-corrected chi connectivity index (χ4v) is 3.58. The number of methoxy groups -OCH3 is 1. The van der Waals surface area contributed by atoms with E-state index >= 15 is 0 Å². The number of carbonyl (C=O) groups is 2. The Labute approximate surface area is 164 Å². The molecule has 0 radical (unpaired) electrons. The van der Waals surface area contributed by atoms with Crippen LogP contribution in [-0.2, 0) is 4.74 Å². The van der Waals surface area contributed by atoms with Gasteiger partial charge in [-0.05, 0) is 31.0 Å². The Morgan fingerprint density at radius 1 is 1.32 bits per heavy atom. The lowest BCUT2D eigenvalue weighted by atomic mass is 9.98. The lowest BCUT2D eigenvalue weighted by Crippen LogP contribution is -2.35. The number of fused-ring (bicyclic) bond motifs is 1. The molecule has 2 aromatic heterocycles. The van der Waals surface area contributed by atoms with E-state index in [1.807, 2.05) is 20.8 Å². The zero-order valence-corrected chi connectivity index (χ0v) is 16.6. The molecule has 1 aromatic carbocycles. The molecule has 0 saturated heterocycles. The van der Waals surface area contributed by atoms with Gasteiger partial charge in [-0.2, -0.15) is 0 Å². The molecule has 0 aliphatic carbocycles. The second-order valence-corrected chi connectivity index (χ2v) is 7.60. The highest BCUT2D eigenvalue weighted by Gasteiger charge is 2.26. The number of rotatable bonds is 5. The minimum Gasteiger partial charge on any atom is -0.464 e. The standard InChI is InChI=1S/C19H20FN3O4S/c1-9(2)15(16-10(3)12-7-11(20)5-6-13(12)27-16)23-19(25)22-14-8-21-17(28-14)18(24)26-4/h5-9,15H,1-4H3,(H2,22,23,25). The topological polar surface area (TPSA) is 93.5 Å². The number of nitrogens with one attached hydrogen (secondary N) is 2. The van der Waals surface area contributed by atoms with Gasteiger partial charge in [0.25, 0.3) is 0 Å². The second kappa shape index (κ2) is 7.97. The normalized spacial score (nSPS) is 12.2. The first kappa shape index (κ1) is 19.8. The van der Waals surface area contributed by atoms with Crippen molar-refractivity contribution in [2.45, 2.75) is 26.8 Å². The molecule has 3 aromatic rings. The number of hydrogen-bond acceptors (Lipinski definition) is 6. The first-order chi connectivity index (χ1) is 13.3. The molecule has 0 bridgehead atoms. The van der Waals surface area contributed by atoms with Crippen molar-refractivity contribution in [3.05, 3.63) is 46.5 Å². The summed E-state index contributed by atoms with van der Waals surface area (Å²) in [5.41, 5.74) is 1.34. The molecule has 0 aliphatic rings. The number of halogens is 1. The van der Waals surface area contributed by atoms with Crippen LogP contribution in [0.4, 0.5) is 14.2 Å². The number of anilines is 1. The quantitative estimate of drug-likeness (QED) is 0.603. The zero-order chi connectivity index (χ0) is 20.4. The van der Waals surface area contributed by atoms with Gasteiger partial charge in [-0.1, -0.05) is 25.2 Å². The van der Waals surface area contributed by atoms with Crippen LogP contribution >= 0.6 is 11.3 Å². The Morgan fingerprint density at radius 2 is 2.07 bits per heavy atom. The van der Waals surface area contributed by atoms with E-state index in [4.69, 9.17) is 4.42 Å². The van der Waals surface area contributed by atoms with E-state index < -0.39 is 18.0 Å². The molecule has 1 atom stereocenters. The molecule has 0 spiro atoms. The Bertz CT molecular complexity index is 1030. The molecule has 3 rings (SSSR count). The second-order valence-electron chi connectivity index (χ2n) is 6.57. The highest BCUT2D eigenvalue weighted by Crippen LogP contribution is 2.33. The summed E-state index contributed by atoms with van der Waals surface area (Å²) in [6.45, 7) is 5.72. The number of benzene rings is 1. The number of furan rings is 1. The summed E-state index contributed by atoms with van der Waals surface area (Å²) in [5, 5.41) is 6.76. The number of ether oxygens (including phenoxy) is 1. The SMILES string of the molecule is COC(=O)c1ncc(NC(=O)NC(c2oc3ccc(F)cc3c2C)C(C)C)s1. The maximum absolute atomic E-state index is 13.6. The third kappa shape index (κ3) is 3.99. The number of aromatic nitrogens is 1. The van der Waals surface area contributed by atoms with Crippen LogP contribution in [0.5, 0.6) is 0 Å². The molecule has 0 fully saturated rings. The number of hydrogen-bond donors (Lipinski definition) is 2.